The van der Waals surface area contributed by atoms with Gasteiger partial charge < -0.3 is 15.0 Å². The van der Waals surface area contributed by atoms with Crippen molar-refractivity contribution in [3.63, 3.8) is 0 Å². The summed E-state index contributed by atoms with van der Waals surface area (Å²) in [4.78, 5) is 26.9. The second-order valence-electron chi connectivity index (χ2n) is 9.17. The van der Waals surface area contributed by atoms with E-state index in [0.29, 0.717) is 6.42 Å². The third-order valence-corrected chi connectivity index (χ3v) is 5.74. The Morgan fingerprint density at radius 3 is 2.52 bits per heavy atom. The summed E-state index contributed by atoms with van der Waals surface area (Å²) in [5.41, 5.74) is 0.455. The van der Waals surface area contributed by atoms with Gasteiger partial charge in [-0.2, -0.15) is 0 Å². The first-order valence-electron chi connectivity index (χ1n) is 10.0. The maximum absolute atomic E-state index is 12.6. The van der Waals surface area contributed by atoms with Gasteiger partial charge in [0.05, 0.1) is 6.04 Å². The summed E-state index contributed by atoms with van der Waals surface area (Å²) in [5.74, 6) is 0.488. The van der Waals surface area contributed by atoms with Crippen LogP contribution in [-0.2, 0) is 9.53 Å². The number of carbonyl (C=O) groups is 2. The predicted molar refractivity (Wildman–Crippen MR) is 105 cm³/mol. The molecule has 0 spiro atoms. The molecule has 1 heterocycles. The molecular formula is C22H32N2O3. The Hall–Kier alpha value is -2.04. The molecule has 148 valence electrons. The number of nitrogens with one attached hydrogen (secondary N) is 1. The van der Waals surface area contributed by atoms with Crippen molar-refractivity contribution >= 4 is 12.0 Å². The van der Waals surface area contributed by atoms with Gasteiger partial charge >= 0.3 is 6.09 Å². The fourth-order valence-electron chi connectivity index (χ4n) is 4.29. The second kappa shape index (κ2) is 7.53. The minimum atomic E-state index is -0.500. The van der Waals surface area contributed by atoms with Crippen LogP contribution in [0.5, 0.6) is 0 Å². The highest BCUT2D eigenvalue weighted by Gasteiger charge is 2.44. The normalized spacial score (nSPS) is 22.9. The molecule has 3 rings (SSSR count). The van der Waals surface area contributed by atoms with Gasteiger partial charge in [0.15, 0.2) is 0 Å². The number of hydrogen-bond donors (Lipinski definition) is 1. The smallest absolute Gasteiger partial charge is 0.408 e. The molecule has 1 saturated heterocycles. The number of rotatable bonds is 5. The molecule has 1 unspecified atom stereocenters. The minimum Gasteiger partial charge on any atom is -0.444 e. The van der Waals surface area contributed by atoms with Crippen molar-refractivity contribution in [2.24, 2.45) is 5.92 Å². The van der Waals surface area contributed by atoms with E-state index < -0.39 is 5.60 Å². The zero-order valence-corrected chi connectivity index (χ0v) is 17.0. The van der Waals surface area contributed by atoms with Gasteiger partial charge in [-0.05, 0) is 64.9 Å². The molecule has 0 bridgehead atoms. The van der Waals surface area contributed by atoms with Crippen molar-refractivity contribution < 1.29 is 14.3 Å². The van der Waals surface area contributed by atoms with Crippen LogP contribution >= 0.6 is 0 Å². The van der Waals surface area contributed by atoms with Crippen molar-refractivity contribution in [3.8, 4) is 0 Å². The number of ether oxygens (including phenoxy) is 1. The van der Waals surface area contributed by atoms with Crippen LogP contribution in [0.4, 0.5) is 4.79 Å². The Morgan fingerprint density at radius 1 is 1.30 bits per heavy atom. The summed E-state index contributed by atoms with van der Waals surface area (Å²) in [6, 6.07) is 10.2. The van der Waals surface area contributed by atoms with Crippen LogP contribution in [-0.4, -0.2) is 34.6 Å². The van der Waals surface area contributed by atoms with Gasteiger partial charge in [-0.15, -0.1) is 0 Å². The minimum absolute atomic E-state index is 0.0832. The molecule has 1 aliphatic carbocycles. The first-order chi connectivity index (χ1) is 12.7. The van der Waals surface area contributed by atoms with E-state index in [-0.39, 0.29) is 29.5 Å². The van der Waals surface area contributed by atoms with Crippen molar-refractivity contribution in [2.45, 2.75) is 77.0 Å². The summed E-state index contributed by atoms with van der Waals surface area (Å²) in [6.45, 7) is 8.47. The van der Waals surface area contributed by atoms with Crippen LogP contribution in [0.3, 0.4) is 0 Å². The first kappa shape index (κ1) is 19.7. The van der Waals surface area contributed by atoms with Crippen molar-refractivity contribution in [1.82, 2.24) is 10.2 Å². The molecule has 1 saturated carbocycles. The highest BCUT2D eigenvalue weighted by molar-refractivity contribution is 5.79. The van der Waals surface area contributed by atoms with Crippen LogP contribution in [0.15, 0.2) is 30.3 Å². The van der Waals surface area contributed by atoms with E-state index in [0.717, 1.165) is 37.8 Å². The van der Waals surface area contributed by atoms with Crippen LogP contribution in [0, 0.1) is 5.92 Å². The van der Waals surface area contributed by atoms with Gasteiger partial charge in [0.1, 0.15) is 5.60 Å². The number of carbonyl (C=O) groups excluding carboxylic acids is 2. The first-order valence-corrected chi connectivity index (χ1v) is 10.0. The maximum Gasteiger partial charge on any atom is 0.408 e. The molecule has 0 aromatic heterocycles. The average molecular weight is 373 g/mol. The molecule has 1 N–H and O–H groups in total. The maximum atomic E-state index is 12.6. The average Bonchev–Trinajstić information content (AvgIpc) is 2.91. The van der Waals surface area contributed by atoms with E-state index in [1.165, 1.54) is 0 Å². The summed E-state index contributed by atoms with van der Waals surface area (Å²) in [6.07, 6.45) is 4.10. The Balaban J connectivity index is 1.60. The Kier molecular flexibility index (Phi) is 5.50. The topological polar surface area (TPSA) is 58.6 Å². The molecule has 0 radical (unpaired) electrons. The molecule has 2 amide bonds. The number of hydrogen-bond acceptors (Lipinski definition) is 3. The van der Waals surface area contributed by atoms with E-state index in [1.54, 1.807) is 0 Å². The highest BCUT2D eigenvalue weighted by atomic mass is 16.6. The molecule has 2 aliphatic rings. The van der Waals surface area contributed by atoms with E-state index >= 15 is 0 Å². The van der Waals surface area contributed by atoms with Gasteiger partial charge in [0.25, 0.3) is 0 Å². The largest absolute Gasteiger partial charge is 0.444 e. The quantitative estimate of drug-likeness (QED) is 0.831. The lowest BCUT2D eigenvalue weighted by molar-refractivity contribution is -0.129. The lowest BCUT2D eigenvalue weighted by Crippen LogP contribution is -2.55. The number of benzene rings is 1. The summed E-state index contributed by atoms with van der Waals surface area (Å²) in [5, 5.41) is 3.11. The third kappa shape index (κ3) is 4.82. The van der Waals surface area contributed by atoms with E-state index in [1.807, 2.05) is 43.9 Å². The monoisotopic (exact) mass is 372 g/mol. The zero-order chi connectivity index (χ0) is 19.7. The summed E-state index contributed by atoms with van der Waals surface area (Å²) in [7, 11) is 0. The lowest BCUT2D eigenvalue weighted by atomic mass is 9.71. The number of nitrogens with zero attached hydrogens (tertiary/aromatic N) is 1. The number of amides is 2. The fraction of sp³-hybridized carbons (Fsp3) is 0.636. The van der Waals surface area contributed by atoms with Gasteiger partial charge in [-0.3, -0.25) is 4.79 Å². The standard InChI is InChI=1S/C22H32N2O3/c1-16(18-9-6-5-7-10-18)24-15-17(13-19(24)25)14-22(11-8-12-22)23-20(26)27-21(2,3)4/h5-7,9-10,16-17H,8,11-15H2,1-4H3,(H,23,26)/t16-,17?/m1/s1. The van der Waals surface area contributed by atoms with Crippen molar-refractivity contribution in [3.05, 3.63) is 35.9 Å². The molecule has 5 heteroatoms. The lowest BCUT2D eigenvalue weighted by Gasteiger charge is -2.44. The van der Waals surface area contributed by atoms with Gasteiger partial charge in [-0.1, -0.05) is 30.3 Å². The van der Waals surface area contributed by atoms with Gasteiger partial charge in [0.2, 0.25) is 5.91 Å². The Labute approximate surface area is 162 Å². The molecule has 1 aromatic carbocycles. The van der Waals surface area contributed by atoms with E-state index in [9.17, 15) is 9.59 Å². The van der Waals surface area contributed by atoms with Crippen molar-refractivity contribution in [2.75, 3.05) is 6.54 Å². The van der Waals surface area contributed by atoms with Crippen LogP contribution in [0.25, 0.3) is 0 Å². The molecule has 5 nitrogen and oxygen atoms in total. The molecule has 27 heavy (non-hydrogen) atoms. The molecule has 1 aromatic rings. The van der Waals surface area contributed by atoms with E-state index in [4.69, 9.17) is 4.74 Å². The predicted octanol–water partition coefficient (Wildman–Crippen LogP) is 4.43. The summed E-state index contributed by atoms with van der Waals surface area (Å²) >= 11 is 0. The van der Waals surface area contributed by atoms with E-state index in [2.05, 4.69) is 24.4 Å². The summed E-state index contributed by atoms with van der Waals surface area (Å²) < 4.78 is 5.44. The fourth-order valence-corrected chi connectivity index (χ4v) is 4.29. The number of likely N-dealkylation sites (tertiary alicyclic amines) is 1. The second-order valence-corrected chi connectivity index (χ2v) is 9.17. The van der Waals surface area contributed by atoms with Crippen LogP contribution in [0.1, 0.15) is 71.4 Å². The molecule has 2 atom stereocenters. The Bertz CT molecular complexity index is 677. The van der Waals surface area contributed by atoms with Crippen LogP contribution in [0.2, 0.25) is 0 Å². The number of alkyl carbamates (subject to hydrolysis) is 1. The molecular weight excluding hydrogens is 340 g/mol. The Morgan fingerprint density at radius 2 is 1.96 bits per heavy atom. The van der Waals surface area contributed by atoms with Gasteiger partial charge in [0, 0.05) is 18.5 Å². The molecule has 1 aliphatic heterocycles. The van der Waals surface area contributed by atoms with Crippen LogP contribution < -0.4 is 5.32 Å². The molecule has 2 fully saturated rings. The van der Waals surface area contributed by atoms with Gasteiger partial charge in [-0.25, -0.2) is 4.79 Å². The van der Waals surface area contributed by atoms with Crippen molar-refractivity contribution in [1.29, 1.82) is 0 Å². The third-order valence-electron chi connectivity index (χ3n) is 5.74. The highest BCUT2D eigenvalue weighted by Crippen LogP contribution is 2.41. The zero-order valence-electron chi connectivity index (χ0n) is 17.0. The SMILES string of the molecule is C[C@H](c1ccccc1)N1CC(CC2(NC(=O)OC(C)(C)C)CCC2)CC1=O.